The van der Waals surface area contributed by atoms with Gasteiger partial charge in [-0.05, 0) is 44.9 Å². The van der Waals surface area contributed by atoms with Gasteiger partial charge in [-0.2, -0.15) is 0 Å². The fourth-order valence-corrected chi connectivity index (χ4v) is 3.60. The van der Waals surface area contributed by atoms with Gasteiger partial charge in [-0.25, -0.2) is 4.79 Å². The van der Waals surface area contributed by atoms with E-state index >= 15 is 0 Å². The third-order valence-corrected chi connectivity index (χ3v) is 4.80. The molecular weight excluding hydrogens is 334 g/mol. The van der Waals surface area contributed by atoms with Crippen molar-refractivity contribution in [2.24, 2.45) is 0 Å². The molecule has 0 unspecified atom stereocenters. The van der Waals surface area contributed by atoms with E-state index in [2.05, 4.69) is 6.07 Å². The molecule has 1 fully saturated rings. The van der Waals surface area contributed by atoms with Crippen molar-refractivity contribution >= 4 is 6.09 Å². The van der Waals surface area contributed by atoms with E-state index in [1.165, 1.54) is 0 Å². The van der Waals surface area contributed by atoms with Crippen molar-refractivity contribution in [2.75, 3.05) is 13.2 Å². The summed E-state index contributed by atoms with van der Waals surface area (Å²) >= 11 is 0. The van der Waals surface area contributed by atoms with Crippen molar-refractivity contribution in [3.05, 3.63) is 29.3 Å². The predicted octanol–water partition coefficient (Wildman–Crippen LogP) is 3.42. The number of fused-ring (bicyclic) bond motifs is 1. The van der Waals surface area contributed by atoms with Crippen LogP contribution in [0.2, 0.25) is 0 Å². The Hall–Kier alpha value is -1.79. The molecule has 0 saturated carbocycles. The molecule has 0 aromatic heterocycles. The van der Waals surface area contributed by atoms with Crippen LogP contribution in [0.3, 0.4) is 0 Å². The Balaban J connectivity index is 1.79. The standard InChI is InChI=1S/C20H29NO5/c1-19(2,3)26-18(23)21-9-8-15(16(21)11-22)13-6-7-17-14(10-13)12-24-20(4,5)25-17/h6-7,10,15-16,22H,8-9,11-12H2,1-5H3/t15-,16-/m1/s1. The van der Waals surface area contributed by atoms with E-state index in [0.717, 1.165) is 23.3 Å². The van der Waals surface area contributed by atoms with E-state index in [0.29, 0.717) is 13.2 Å². The monoisotopic (exact) mass is 363 g/mol. The van der Waals surface area contributed by atoms with Crippen LogP contribution in [0.15, 0.2) is 18.2 Å². The lowest BCUT2D eigenvalue weighted by Gasteiger charge is -2.33. The molecule has 2 atom stereocenters. The van der Waals surface area contributed by atoms with E-state index in [1.54, 1.807) is 4.90 Å². The average Bonchev–Trinajstić information content (AvgIpc) is 2.96. The second kappa shape index (κ2) is 6.74. The summed E-state index contributed by atoms with van der Waals surface area (Å²) in [5.41, 5.74) is 1.53. The van der Waals surface area contributed by atoms with Gasteiger partial charge < -0.3 is 24.2 Å². The molecule has 144 valence electrons. The Morgan fingerprint density at radius 2 is 2.12 bits per heavy atom. The number of ether oxygens (including phenoxy) is 3. The number of carbonyl (C=O) groups is 1. The van der Waals surface area contributed by atoms with E-state index in [4.69, 9.17) is 14.2 Å². The van der Waals surface area contributed by atoms with Gasteiger partial charge in [-0.15, -0.1) is 0 Å². The number of amides is 1. The lowest BCUT2D eigenvalue weighted by atomic mass is 9.90. The second-order valence-corrected chi connectivity index (χ2v) is 8.48. The van der Waals surface area contributed by atoms with Crippen molar-refractivity contribution in [1.29, 1.82) is 0 Å². The minimum Gasteiger partial charge on any atom is -0.463 e. The van der Waals surface area contributed by atoms with Crippen LogP contribution in [0.5, 0.6) is 5.75 Å². The molecule has 1 aromatic carbocycles. The molecular formula is C20H29NO5. The molecule has 2 aliphatic heterocycles. The fraction of sp³-hybridized carbons (Fsp3) is 0.650. The molecule has 1 aromatic rings. The molecule has 6 nitrogen and oxygen atoms in total. The van der Waals surface area contributed by atoms with Crippen LogP contribution in [0.25, 0.3) is 0 Å². The molecule has 1 amide bonds. The van der Waals surface area contributed by atoms with Crippen molar-refractivity contribution in [1.82, 2.24) is 4.90 Å². The summed E-state index contributed by atoms with van der Waals surface area (Å²) in [6, 6.07) is 5.76. The molecule has 2 aliphatic rings. The molecule has 2 heterocycles. The fourth-order valence-electron chi connectivity index (χ4n) is 3.60. The summed E-state index contributed by atoms with van der Waals surface area (Å²) in [6.07, 6.45) is 0.418. The molecule has 3 rings (SSSR count). The molecule has 1 saturated heterocycles. The number of aliphatic hydroxyl groups excluding tert-OH is 1. The van der Waals surface area contributed by atoms with Crippen molar-refractivity contribution in [3.63, 3.8) is 0 Å². The van der Waals surface area contributed by atoms with Gasteiger partial charge in [0.05, 0.1) is 19.3 Å². The third kappa shape index (κ3) is 3.96. The van der Waals surface area contributed by atoms with Crippen LogP contribution >= 0.6 is 0 Å². The normalized spacial score (nSPS) is 24.8. The maximum Gasteiger partial charge on any atom is 0.410 e. The van der Waals surface area contributed by atoms with Crippen LogP contribution in [0.1, 0.15) is 58.1 Å². The zero-order chi connectivity index (χ0) is 19.1. The molecule has 1 N–H and O–H groups in total. The van der Waals surface area contributed by atoms with Crippen LogP contribution < -0.4 is 4.74 Å². The largest absolute Gasteiger partial charge is 0.463 e. The Labute approximate surface area is 155 Å². The predicted molar refractivity (Wildman–Crippen MR) is 97.1 cm³/mol. The highest BCUT2D eigenvalue weighted by Gasteiger charge is 2.40. The number of rotatable bonds is 2. The van der Waals surface area contributed by atoms with Crippen LogP contribution in [0, 0.1) is 0 Å². The SMILES string of the molecule is CC(C)(C)OC(=O)N1CC[C@H](c2ccc3c(c2)COC(C)(C)O3)[C@H]1CO. The zero-order valence-electron chi connectivity index (χ0n) is 16.2. The van der Waals surface area contributed by atoms with Gasteiger partial charge in [-0.3, -0.25) is 0 Å². The second-order valence-electron chi connectivity index (χ2n) is 8.48. The van der Waals surface area contributed by atoms with Crippen molar-refractivity contribution in [3.8, 4) is 5.75 Å². The summed E-state index contributed by atoms with van der Waals surface area (Å²) < 4.78 is 17.1. The van der Waals surface area contributed by atoms with Gasteiger partial charge in [-0.1, -0.05) is 6.07 Å². The Kier molecular flexibility index (Phi) is 4.92. The van der Waals surface area contributed by atoms with Gasteiger partial charge in [0.25, 0.3) is 0 Å². The first-order chi connectivity index (χ1) is 12.1. The summed E-state index contributed by atoms with van der Waals surface area (Å²) in [7, 11) is 0. The quantitative estimate of drug-likeness (QED) is 0.872. The van der Waals surface area contributed by atoms with Gasteiger partial charge in [0.2, 0.25) is 5.79 Å². The average molecular weight is 363 g/mol. The Bertz CT molecular complexity index is 679. The van der Waals surface area contributed by atoms with Gasteiger partial charge in [0.1, 0.15) is 11.4 Å². The van der Waals surface area contributed by atoms with Gasteiger partial charge in [0, 0.05) is 31.9 Å². The summed E-state index contributed by atoms with van der Waals surface area (Å²) in [4.78, 5) is 14.1. The maximum atomic E-state index is 12.5. The van der Waals surface area contributed by atoms with E-state index in [1.807, 2.05) is 46.8 Å². The third-order valence-electron chi connectivity index (χ3n) is 4.80. The zero-order valence-corrected chi connectivity index (χ0v) is 16.2. The van der Waals surface area contributed by atoms with E-state index < -0.39 is 11.4 Å². The molecule has 0 aliphatic carbocycles. The van der Waals surface area contributed by atoms with Gasteiger partial charge in [0.15, 0.2) is 0 Å². The van der Waals surface area contributed by atoms with Crippen molar-refractivity contribution in [2.45, 2.75) is 71.0 Å². The first-order valence-corrected chi connectivity index (χ1v) is 9.16. The number of carbonyl (C=O) groups excluding carboxylic acids is 1. The smallest absolute Gasteiger partial charge is 0.410 e. The highest BCUT2D eigenvalue weighted by Crippen LogP contribution is 2.38. The lowest BCUT2D eigenvalue weighted by molar-refractivity contribution is -0.180. The summed E-state index contributed by atoms with van der Waals surface area (Å²) in [6.45, 7) is 10.3. The molecule has 0 radical (unpaired) electrons. The van der Waals surface area contributed by atoms with Crippen molar-refractivity contribution < 1.29 is 24.1 Å². The van der Waals surface area contributed by atoms with Gasteiger partial charge >= 0.3 is 6.09 Å². The first kappa shape index (κ1) is 19.0. The summed E-state index contributed by atoms with van der Waals surface area (Å²) in [5, 5.41) is 9.92. The molecule has 26 heavy (non-hydrogen) atoms. The van der Waals surface area contributed by atoms with Crippen LogP contribution in [-0.2, 0) is 16.1 Å². The molecule has 0 bridgehead atoms. The number of hydrogen-bond acceptors (Lipinski definition) is 5. The molecule has 6 heteroatoms. The topological polar surface area (TPSA) is 68.2 Å². The highest BCUT2D eigenvalue weighted by molar-refractivity contribution is 5.69. The summed E-state index contributed by atoms with van der Waals surface area (Å²) in [5.74, 6) is 0.267. The maximum absolute atomic E-state index is 12.5. The highest BCUT2D eigenvalue weighted by atomic mass is 16.7. The number of likely N-dealkylation sites (tertiary alicyclic amines) is 1. The minimum atomic E-state index is -0.622. The number of hydrogen-bond donors (Lipinski definition) is 1. The van der Waals surface area contributed by atoms with Crippen LogP contribution in [0.4, 0.5) is 4.79 Å². The first-order valence-electron chi connectivity index (χ1n) is 9.16. The molecule has 0 spiro atoms. The lowest BCUT2D eigenvalue weighted by Crippen LogP contribution is -2.42. The van der Waals surface area contributed by atoms with E-state index in [-0.39, 0.29) is 24.7 Å². The Morgan fingerprint density at radius 3 is 2.77 bits per heavy atom. The number of nitrogens with zero attached hydrogens (tertiary/aromatic N) is 1. The van der Waals surface area contributed by atoms with E-state index in [9.17, 15) is 9.90 Å². The minimum absolute atomic E-state index is 0.0627. The van der Waals surface area contributed by atoms with Crippen LogP contribution in [-0.4, -0.2) is 46.7 Å². The number of aliphatic hydroxyl groups is 1. The number of benzene rings is 1. The Morgan fingerprint density at radius 1 is 1.38 bits per heavy atom.